The molecule has 0 bridgehead atoms. The van der Waals surface area contributed by atoms with Crippen molar-refractivity contribution in [2.45, 2.75) is 19.8 Å². The Hall–Kier alpha value is -3.28. The van der Waals surface area contributed by atoms with Crippen molar-refractivity contribution in [1.29, 1.82) is 0 Å². The molecule has 0 N–H and O–H groups in total. The zero-order chi connectivity index (χ0) is 22.1. The minimum absolute atomic E-state index is 0.0343. The molecule has 2 aromatic rings. The lowest BCUT2D eigenvalue weighted by atomic mass is 10.1. The molecule has 1 aliphatic heterocycles. The van der Waals surface area contributed by atoms with Crippen molar-refractivity contribution < 1.29 is 19.1 Å². The Morgan fingerprint density at radius 1 is 0.968 bits per heavy atom. The molecule has 6 nitrogen and oxygen atoms in total. The van der Waals surface area contributed by atoms with E-state index in [0.29, 0.717) is 39.2 Å². The summed E-state index contributed by atoms with van der Waals surface area (Å²) < 4.78 is 10.8. The molecule has 0 radical (unpaired) electrons. The SMILES string of the molecule is CCOc1ccc(C=CC(=O)N2CCCN(C(=O)Cc3ccccc3OC)CC2)cc1. The molecule has 1 fully saturated rings. The number of hydrogen-bond acceptors (Lipinski definition) is 4. The quantitative estimate of drug-likeness (QED) is 0.642. The molecule has 0 atom stereocenters. The molecule has 31 heavy (non-hydrogen) atoms. The number of carbonyl (C=O) groups is 2. The van der Waals surface area contributed by atoms with Crippen LogP contribution in [-0.2, 0) is 16.0 Å². The van der Waals surface area contributed by atoms with Crippen LogP contribution in [-0.4, -0.2) is 61.5 Å². The molecule has 0 saturated carbocycles. The van der Waals surface area contributed by atoms with E-state index in [0.717, 1.165) is 29.0 Å². The second kappa shape index (κ2) is 11.2. The highest BCUT2D eigenvalue weighted by atomic mass is 16.5. The third-order valence-corrected chi connectivity index (χ3v) is 5.30. The molecule has 1 saturated heterocycles. The molecule has 2 amide bonds. The first-order chi connectivity index (χ1) is 15.1. The lowest BCUT2D eigenvalue weighted by molar-refractivity contribution is -0.131. The fourth-order valence-corrected chi connectivity index (χ4v) is 3.63. The number of methoxy groups -OCH3 is 1. The summed E-state index contributed by atoms with van der Waals surface area (Å²) in [5, 5.41) is 0. The van der Waals surface area contributed by atoms with Gasteiger partial charge in [0.2, 0.25) is 11.8 Å². The zero-order valence-corrected chi connectivity index (χ0v) is 18.3. The van der Waals surface area contributed by atoms with Gasteiger partial charge in [0, 0.05) is 37.8 Å². The lowest BCUT2D eigenvalue weighted by Gasteiger charge is -2.22. The average molecular weight is 423 g/mol. The molecule has 3 rings (SSSR count). The lowest BCUT2D eigenvalue weighted by Crippen LogP contribution is -2.37. The summed E-state index contributed by atoms with van der Waals surface area (Å²) in [6.07, 6.45) is 4.48. The van der Waals surface area contributed by atoms with Gasteiger partial charge in [-0.25, -0.2) is 0 Å². The molecule has 2 aromatic carbocycles. The van der Waals surface area contributed by atoms with Crippen molar-refractivity contribution in [3.05, 3.63) is 65.7 Å². The Balaban J connectivity index is 1.54. The van der Waals surface area contributed by atoms with Crippen LogP contribution < -0.4 is 9.47 Å². The summed E-state index contributed by atoms with van der Waals surface area (Å²) >= 11 is 0. The van der Waals surface area contributed by atoms with E-state index in [9.17, 15) is 9.59 Å². The fraction of sp³-hybridized carbons (Fsp3) is 0.360. The smallest absolute Gasteiger partial charge is 0.246 e. The number of rotatable bonds is 7. The number of amides is 2. The summed E-state index contributed by atoms with van der Waals surface area (Å²) in [5.41, 5.74) is 1.82. The Kier molecular flexibility index (Phi) is 8.10. The molecule has 1 aliphatic rings. The van der Waals surface area contributed by atoms with Gasteiger partial charge in [-0.2, -0.15) is 0 Å². The van der Waals surface area contributed by atoms with E-state index in [1.54, 1.807) is 18.1 Å². The average Bonchev–Trinajstić information content (AvgIpc) is 3.05. The number of nitrogens with zero attached hydrogens (tertiary/aromatic N) is 2. The standard InChI is InChI=1S/C25H30N2O4/c1-3-31-22-12-9-20(10-13-22)11-14-24(28)26-15-6-16-27(18-17-26)25(29)19-21-7-4-5-8-23(21)30-2/h4-5,7-14H,3,6,15-19H2,1-2H3. The first-order valence-electron chi connectivity index (χ1n) is 10.7. The van der Waals surface area contributed by atoms with E-state index in [1.807, 2.05) is 66.4 Å². The van der Waals surface area contributed by atoms with Crippen molar-refractivity contribution in [2.24, 2.45) is 0 Å². The zero-order valence-electron chi connectivity index (χ0n) is 18.3. The van der Waals surface area contributed by atoms with Gasteiger partial charge in [-0.3, -0.25) is 9.59 Å². The first kappa shape index (κ1) is 22.4. The van der Waals surface area contributed by atoms with E-state index < -0.39 is 0 Å². The van der Waals surface area contributed by atoms with Crippen LogP contribution in [0.4, 0.5) is 0 Å². The summed E-state index contributed by atoms with van der Waals surface area (Å²) in [4.78, 5) is 29.1. The summed E-state index contributed by atoms with van der Waals surface area (Å²) in [7, 11) is 1.61. The number of carbonyl (C=O) groups excluding carboxylic acids is 2. The highest BCUT2D eigenvalue weighted by molar-refractivity contribution is 5.92. The van der Waals surface area contributed by atoms with Gasteiger partial charge in [0.15, 0.2) is 0 Å². The second-order valence-corrected chi connectivity index (χ2v) is 7.38. The number of ether oxygens (including phenoxy) is 2. The maximum atomic E-state index is 12.8. The molecule has 164 valence electrons. The topological polar surface area (TPSA) is 59.1 Å². The van der Waals surface area contributed by atoms with Gasteiger partial charge in [-0.05, 0) is 43.2 Å². The molecule has 0 aliphatic carbocycles. The van der Waals surface area contributed by atoms with Crippen molar-refractivity contribution in [3.8, 4) is 11.5 Å². The third-order valence-electron chi connectivity index (χ3n) is 5.30. The van der Waals surface area contributed by atoms with Crippen LogP contribution in [0.3, 0.4) is 0 Å². The van der Waals surface area contributed by atoms with E-state index in [1.165, 1.54) is 0 Å². The van der Waals surface area contributed by atoms with E-state index >= 15 is 0 Å². The van der Waals surface area contributed by atoms with Crippen LogP contribution in [0.15, 0.2) is 54.6 Å². The van der Waals surface area contributed by atoms with Crippen molar-refractivity contribution in [3.63, 3.8) is 0 Å². The van der Waals surface area contributed by atoms with Crippen molar-refractivity contribution >= 4 is 17.9 Å². The number of hydrogen-bond donors (Lipinski definition) is 0. The molecule has 0 aromatic heterocycles. The van der Waals surface area contributed by atoms with Crippen LogP contribution >= 0.6 is 0 Å². The number of para-hydroxylation sites is 1. The van der Waals surface area contributed by atoms with E-state index in [2.05, 4.69) is 0 Å². The molecular weight excluding hydrogens is 392 g/mol. The number of benzene rings is 2. The monoisotopic (exact) mass is 422 g/mol. The minimum atomic E-state index is -0.0343. The summed E-state index contributed by atoms with van der Waals surface area (Å²) in [6.45, 7) is 4.94. The maximum Gasteiger partial charge on any atom is 0.246 e. The highest BCUT2D eigenvalue weighted by Crippen LogP contribution is 2.19. The van der Waals surface area contributed by atoms with Gasteiger partial charge >= 0.3 is 0 Å². The van der Waals surface area contributed by atoms with Gasteiger partial charge in [0.1, 0.15) is 11.5 Å². The largest absolute Gasteiger partial charge is 0.496 e. The van der Waals surface area contributed by atoms with Crippen molar-refractivity contribution in [2.75, 3.05) is 39.9 Å². The van der Waals surface area contributed by atoms with Gasteiger partial charge in [0.05, 0.1) is 20.1 Å². The van der Waals surface area contributed by atoms with Gasteiger partial charge < -0.3 is 19.3 Å². The van der Waals surface area contributed by atoms with Crippen LogP contribution in [0.25, 0.3) is 6.08 Å². The van der Waals surface area contributed by atoms with E-state index in [4.69, 9.17) is 9.47 Å². The predicted molar refractivity (Wildman–Crippen MR) is 121 cm³/mol. The highest BCUT2D eigenvalue weighted by Gasteiger charge is 2.21. The van der Waals surface area contributed by atoms with Crippen LogP contribution in [0.2, 0.25) is 0 Å². The Bertz CT molecular complexity index is 908. The van der Waals surface area contributed by atoms with Gasteiger partial charge in [-0.15, -0.1) is 0 Å². The first-order valence-corrected chi connectivity index (χ1v) is 10.7. The van der Waals surface area contributed by atoms with Gasteiger partial charge in [-0.1, -0.05) is 30.3 Å². The van der Waals surface area contributed by atoms with E-state index in [-0.39, 0.29) is 11.8 Å². The molecule has 1 heterocycles. The normalized spacial score (nSPS) is 14.4. The molecule has 0 spiro atoms. The van der Waals surface area contributed by atoms with Crippen LogP contribution in [0.5, 0.6) is 11.5 Å². The molecular formula is C25H30N2O4. The Labute approximate surface area is 184 Å². The minimum Gasteiger partial charge on any atom is -0.496 e. The Morgan fingerprint density at radius 3 is 2.42 bits per heavy atom. The molecule has 0 unspecified atom stereocenters. The fourth-order valence-electron chi connectivity index (χ4n) is 3.63. The van der Waals surface area contributed by atoms with Crippen LogP contribution in [0, 0.1) is 0 Å². The van der Waals surface area contributed by atoms with Crippen LogP contribution in [0.1, 0.15) is 24.5 Å². The molecule has 6 heteroatoms. The maximum absolute atomic E-state index is 12.8. The second-order valence-electron chi connectivity index (χ2n) is 7.38. The van der Waals surface area contributed by atoms with Crippen molar-refractivity contribution in [1.82, 2.24) is 9.80 Å². The third kappa shape index (κ3) is 6.35. The predicted octanol–water partition coefficient (Wildman–Crippen LogP) is 3.41. The van der Waals surface area contributed by atoms with Gasteiger partial charge in [0.25, 0.3) is 0 Å². The summed E-state index contributed by atoms with van der Waals surface area (Å²) in [6, 6.07) is 15.2. The Morgan fingerprint density at radius 2 is 1.68 bits per heavy atom. The summed E-state index contributed by atoms with van der Waals surface area (Å²) in [5.74, 6) is 1.56.